The van der Waals surface area contributed by atoms with E-state index in [4.69, 9.17) is 0 Å². The quantitative estimate of drug-likeness (QED) is 0.659. The molecule has 0 saturated heterocycles. The molecule has 0 radical (unpaired) electrons. The number of benzene rings is 1. The van der Waals surface area contributed by atoms with E-state index in [1.54, 1.807) is 6.08 Å². The van der Waals surface area contributed by atoms with Crippen LogP contribution in [0.4, 0.5) is 14.5 Å². The van der Waals surface area contributed by atoms with Crippen molar-refractivity contribution in [3.8, 4) is 0 Å². The zero-order chi connectivity index (χ0) is 14.3. The molecule has 19 heavy (non-hydrogen) atoms. The standard InChI is InChI=1S/C13H13F2NO3/c1-2-3-4-13(18)19-8-12(17)16-11-7-9(14)5-6-10(11)15/h3-7H,2,8H2,1H3,(H,16,17)/b4-3+. The van der Waals surface area contributed by atoms with Gasteiger partial charge in [-0.1, -0.05) is 13.0 Å². The summed E-state index contributed by atoms with van der Waals surface area (Å²) in [6.45, 7) is 1.27. The maximum atomic E-state index is 13.2. The van der Waals surface area contributed by atoms with E-state index in [2.05, 4.69) is 10.1 Å². The second-order valence-corrected chi connectivity index (χ2v) is 3.59. The summed E-state index contributed by atoms with van der Waals surface area (Å²) in [7, 11) is 0. The summed E-state index contributed by atoms with van der Waals surface area (Å²) < 4.78 is 30.6. The van der Waals surface area contributed by atoms with Crippen LogP contribution in [0.3, 0.4) is 0 Å². The Balaban J connectivity index is 2.49. The lowest BCUT2D eigenvalue weighted by molar-refractivity contribution is -0.142. The minimum absolute atomic E-state index is 0.301. The Morgan fingerprint density at radius 3 is 2.79 bits per heavy atom. The lowest BCUT2D eigenvalue weighted by Crippen LogP contribution is -2.20. The number of carbonyl (C=O) groups excluding carboxylic acids is 2. The van der Waals surface area contributed by atoms with Gasteiger partial charge in [0.05, 0.1) is 5.69 Å². The van der Waals surface area contributed by atoms with Gasteiger partial charge in [0.15, 0.2) is 6.61 Å². The first-order chi connectivity index (χ1) is 9.02. The number of halogens is 2. The van der Waals surface area contributed by atoms with Crippen molar-refractivity contribution in [2.75, 3.05) is 11.9 Å². The summed E-state index contributed by atoms with van der Waals surface area (Å²) >= 11 is 0. The van der Waals surface area contributed by atoms with Gasteiger partial charge in [0.25, 0.3) is 5.91 Å². The van der Waals surface area contributed by atoms with Crippen LogP contribution in [-0.2, 0) is 14.3 Å². The molecular weight excluding hydrogens is 256 g/mol. The molecule has 0 spiro atoms. The molecule has 1 amide bonds. The third-order valence-corrected chi connectivity index (χ3v) is 2.04. The van der Waals surface area contributed by atoms with Crippen molar-refractivity contribution in [2.45, 2.75) is 13.3 Å². The maximum Gasteiger partial charge on any atom is 0.330 e. The average Bonchev–Trinajstić information content (AvgIpc) is 2.38. The minimum atomic E-state index is -0.771. The fourth-order valence-corrected chi connectivity index (χ4v) is 1.18. The van der Waals surface area contributed by atoms with Crippen molar-refractivity contribution in [1.82, 2.24) is 0 Å². The van der Waals surface area contributed by atoms with E-state index in [1.165, 1.54) is 6.08 Å². The molecule has 1 N–H and O–H groups in total. The number of hydrogen-bond acceptors (Lipinski definition) is 3. The Morgan fingerprint density at radius 1 is 1.37 bits per heavy atom. The van der Waals surface area contributed by atoms with E-state index in [1.807, 2.05) is 6.92 Å². The van der Waals surface area contributed by atoms with E-state index in [-0.39, 0.29) is 5.69 Å². The van der Waals surface area contributed by atoms with Gasteiger partial charge < -0.3 is 10.1 Å². The summed E-state index contributed by atoms with van der Waals surface area (Å²) in [5.41, 5.74) is -0.301. The highest BCUT2D eigenvalue weighted by Gasteiger charge is 2.09. The average molecular weight is 269 g/mol. The molecule has 0 aliphatic rings. The van der Waals surface area contributed by atoms with Crippen LogP contribution in [-0.4, -0.2) is 18.5 Å². The Labute approximate surface area is 109 Å². The number of amides is 1. The molecule has 0 saturated carbocycles. The van der Waals surface area contributed by atoms with Gasteiger partial charge in [-0.25, -0.2) is 13.6 Å². The fraction of sp³-hybridized carbons (Fsp3) is 0.231. The second-order valence-electron chi connectivity index (χ2n) is 3.59. The Kier molecular flexibility index (Phi) is 5.66. The Morgan fingerprint density at radius 2 is 2.11 bits per heavy atom. The Bertz CT molecular complexity index is 501. The predicted molar refractivity (Wildman–Crippen MR) is 65.4 cm³/mol. The molecule has 0 aromatic heterocycles. The van der Waals surface area contributed by atoms with Crippen molar-refractivity contribution in [1.29, 1.82) is 0 Å². The summed E-state index contributed by atoms with van der Waals surface area (Å²) in [6, 6.07) is 2.66. The number of ether oxygens (including phenoxy) is 1. The molecule has 102 valence electrons. The minimum Gasteiger partial charge on any atom is -0.452 e. The van der Waals surface area contributed by atoms with Crippen molar-refractivity contribution in [3.63, 3.8) is 0 Å². The highest BCUT2D eigenvalue weighted by molar-refractivity contribution is 5.93. The molecule has 0 aliphatic heterocycles. The number of nitrogens with one attached hydrogen (secondary N) is 1. The zero-order valence-corrected chi connectivity index (χ0v) is 10.3. The molecule has 4 nitrogen and oxygen atoms in total. The second kappa shape index (κ2) is 7.25. The third kappa shape index (κ3) is 5.29. The molecule has 1 aromatic carbocycles. The topological polar surface area (TPSA) is 55.4 Å². The molecule has 0 bridgehead atoms. The zero-order valence-electron chi connectivity index (χ0n) is 10.3. The van der Waals surface area contributed by atoms with E-state index >= 15 is 0 Å². The van der Waals surface area contributed by atoms with Crippen LogP contribution >= 0.6 is 0 Å². The monoisotopic (exact) mass is 269 g/mol. The fourth-order valence-electron chi connectivity index (χ4n) is 1.18. The lowest BCUT2D eigenvalue weighted by atomic mass is 10.3. The molecule has 0 unspecified atom stereocenters. The number of anilines is 1. The summed E-state index contributed by atoms with van der Waals surface area (Å²) in [5, 5.41) is 2.11. The summed E-state index contributed by atoms with van der Waals surface area (Å²) in [4.78, 5) is 22.4. The van der Waals surface area contributed by atoms with Crippen molar-refractivity contribution in [2.24, 2.45) is 0 Å². The molecule has 0 heterocycles. The smallest absolute Gasteiger partial charge is 0.330 e. The number of allylic oxidation sites excluding steroid dienone is 1. The third-order valence-electron chi connectivity index (χ3n) is 2.04. The first-order valence-electron chi connectivity index (χ1n) is 5.61. The van der Waals surface area contributed by atoms with Crippen LogP contribution in [0.15, 0.2) is 30.4 Å². The van der Waals surface area contributed by atoms with Crippen molar-refractivity contribution >= 4 is 17.6 Å². The van der Waals surface area contributed by atoms with Gasteiger partial charge in [0.1, 0.15) is 11.6 Å². The van der Waals surface area contributed by atoms with Gasteiger partial charge in [-0.2, -0.15) is 0 Å². The predicted octanol–water partition coefficient (Wildman–Crippen LogP) is 2.41. The molecule has 0 aliphatic carbocycles. The number of carbonyl (C=O) groups is 2. The SMILES string of the molecule is CC/C=C/C(=O)OCC(=O)Nc1cc(F)ccc1F. The highest BCUT2D eigenvalue weighted by atomic mass is 19.1. The van der Waals surface area contributed by atoms with Gasteiger partial charge in [-0.15, -0.1) is 0 Å². The van der Waals surface area contributed by atoms with E-state index in [0.717, 1.165) is 18.2 Å². The summed E-state index contributed by atoms with van der Waals surface area (Å²) in [6.07, 6.45) is 3.43. The van der Waals surface area contributed by atoms with Crippen LogP contribution in [0.1, 0.15) is 13.3 Å². The van der Waals surface area contributed by atoms with Crippen LogP contribution in [0.5, 0.6) is 0 Å². The molecule has 0 atom stereocenters. The molecule has 0 fully saturated rings. The van der Waals surface area contributed by atoms with E-state index in [9.17, 15) is 18.4 Å². The molecule has 1 rings (SSSR count). The van der Waals surface area contributed by atoms with Crippen LogP contribution < -0.4 is 5.32 Å². The number of rotatable bonds is 5. The van der Waals surface area contributed by atoms with E-state index < -0.39 is 30.1 Å². The Hall–Kier alpha value is -2.24. The lowest BCUT2D eigenvalue weighted by Gasteiger charge is -2.06. The van der Waals surface area contributed by atoms with Crippen molar-refractivity contribution in [3.05, 3.63) is 42.0 Å². The first kappa shape index (κ1) is 14.8. The highest BCUT2D eigenvalue weighted by Crippen LogP contribution is 2.14. The van der Waals surface area contributed by atoms with E-state index in [0.29, 0.717) is 6.42 Å². The first-order valence-corrected chi connectivity index (χ1v) is 5.61. The van der Waals surface area contributed by atoms with Gasteiger partial charge in [0, 0.05) is 12.1 Å². The van der Waals surface area contributed by atoms with Crippen LogP contribution in [0.25, 0.3) is 0 Å². The number of esters is 1. The summed E-state index contributed by atoms with van der Waals surface area (Å²) in [5.74, 6) is -2.87. The maximum absolute atomic E-state index is 13.2. The van der Waals surface area contributed by atoms with Crippen molar-refractivity contribution < 1.29 is 23.1 Å². The largest absolute Gasteiger partial charge is 0.452 e. The molecule has 1 aromatic rings. The van der Waals surface area contributed by atoms with Gasteiger partial charge >= 0.3 is 5.97 Å². The van der Waals surface area contributed by atoms with Crippen LogP contribution in [0, 0.1) is 11.6 Å². The normalized spacial score (nSPS) is 10.5. The van der Waals surface area contributed by atoms with Gasteiger partial charge in [0.2, 0.25) is 0 Å². The van der Waals surface area contributed by atoms with Gasteiger partial charge in [-0.3, -0.25) is 4.79 Å². The van der Waals surface area contributed by atoms with Crippen LogP contribution in [0.2, 0.25) is 0 Å². The number of hydrogen-bond donors (Lipinski definition) is 1. The van der Waals surface area contributed by atoms with Gasteiger partial charge in [-0.05, 0) is 18.6 Å². The molecule has 6 heteroatoms. The molecular formula is C13H13F2NO3.